The van der Waals surface area contributed by atoms with E-state index in [2.05, 4.69) is 42.3 Å². The first-order valence-corrected chi connectivity index (χ1v) is 7.80. The molecule has 0 atom stereocenters. The number of hydrogen-bond donors (Lipinski definition) is 0. The van der Waals surface area contributed by atoms with Crippen molar-refractivity contribution in [3.8, 4) is 0 Å². The maximum Gasteiger partial charge on any atom is 0.0941 e. The summed E-state index contributed by atoms with van der Waals surface area (Å²) in [5.41, 5.74) is 0. The van der Waals surface area contributed by atoms with Crippen molar-refractivity contribution in [1.82, 2.24) is 0 Å². The summed E-state index contributed by atoms with van der Waals surface area (Å²) in [5, 5.41) is 0. The SMILES string of the molecule is C[N+](C)(C)C1C2CC3CC1CC(C2)C3[N+](C)(C)C. The van der Waals surface area contributed by atoms with Crippen LogP contribution in [0, 0.1) is 23.7 Å². The van der Waals surface area contributed by atoms with Gasteiger partial charge in [0.1, 0.15) is 0 Å². The van der Waals surface area contributed by atoms with E-state index in [9.17, 15) is 0 Å². The second-order valence-electron chi connectivity index (χ2n) is 9.20. The van der Waals surface area contributed by atoms with Gasteiger partial charge in [0.2, 0.25) is 0 Å². The van der Waals surface area contributed by atoms with Gasteiger partial charge in [-0.2, -0.15) is 0 Å². The largest absolute Gasteiger partial charge is 0.328 e. The van der Waals surface area contributed by atoms with Crippen LogP contribution in [-0.2, 0) is 0 Å². The fourth-order valence-corrected chi connectivity index (χ4v) is 6.36. The summed E-state index contributed by atoms with van der Waals surface area (Å²) in [7, 11) is 14.5. The van der Waals surface area contributed by atoms with E-state index in [1.54, 1.807) is 0 Å². The summed E-state index contributed by atoms with van der Waals surface area (Å²) in [5.74, 6) is 4.09. The zero-order valence-electron chi connectivity index (χ0n) is 13.2. The summed E-state index contributed by atoms with van der Waals surface area (Å²) in [4.78, 5) is 0. The first-order chi connectivity index (χ1) is 8.18. The lowest BCUT2D eigenvalue weighted by atomic mass is 9.51. The van der Waals surface area contributed by atoms with Gasteiger partial charge < -0.3 is 8.97 Å². The molecule has 4 aliphatic carbocycles. The van der Waals surface area contributed by atoms with Gasteiger partial charge in [0, 0.05) is 23.7 Å². The zero-order valence-corrected chi connectivity index (χ0v) is 13.2. The first kappa shape index (κ1) is 12.9. The van der Waals surface area contributed by atoms with Crippen molar-refractivity contribution in [1.29, 1.82) is 0 Å². The normalized spacial score (nSPS) is 47.7. The lowest BCUT2D eigenvalue weighted by Gasteiger charge is -2.61. The molecule has 4 bridgehead atoms. The molecule has 0 radical (unpaired) electrons. The van der Waals surface area contributed by atoms with Gasteiger partial charge in [-0.1, -0.05) is 0 Å². The van der Waals surface area contributed by atoms with Crippen LogP contribution in [0.1, 0.15) is 25.7 Å². The second-order valence-corrected chi connectivity index (χ2v) is 9.20. The molecular formula is C16H32N2+2. The fraction of sp³-hybridized carbons (Fsp3) is 1.00. The molecule has 0 heterocycles. The highest BCUT2D eigenvalue weighted by molar-refractivity contribution is 5.03. The predicted molar refractivity (Wildman–Crippen MR) is 76.1 cm³/mol. The lowest BCUT2D eigenvalue weighted by molar-refractivity contribution is -0.920. The molecule has 18 heavy (non-hydrogen) atoms. The quantitative estimate of drug-likeness (QED) is 0.661. The Morgan fingerprint density at radius 3 is 0.889 bits per heavy atom. The molecule has 0 amide bonds. The van der Waals surface area contributed by atoms with Gasteiger partial charge in [-0.15, -0.1) is 0 Å². The van der Waals surface area contributed by atoms with E-state index in [-0.39, 0.29) is 0 Å². The average Bonchev–Trinajstić information content (AvgIpc) is 2.10. The Hall–Kier alpha value is -0.0800. The summed E-state index contributed by atoms with van der Waals surface area (Å²) in [6.07, 6.45) is 6.08. The Bertz CT molecular complexity index is 274. The minimum atomic E-state index is 0.950. The summed E-state index contributed by atoms with van der Waals surface area (Å²) in [6.45, 7) is 0. The summed E-state index contributed by atoms with van der Waals surface area (Å²) < 4.78 is 2.40. The van der Waals surface area contributed by atoms with E-state index in [0.29, 0.717) is 0 Å². The van der Waals surface area contributed by atoms with E-state index in [1.807, 2.05) is 0 Å². The van der Waals surface area contributed by atoms with Gasteiger partial charge >= 0.3 is 0 Å². The van der Waals surface area contributed by atoms with E-state index >= 15 is 0 Å². The highest BCUT2D eigenvalue weighted by Crippen LogP contribution is 2.57. The van der Waals surface area contributed by atoms with Crippen molar-refractivity contribution in [3.63, 3.8) is 0 Å². The van der Waals surface area contributed by atoms with E-state index < -0.39 is 0 Å². The Kier molecular flexibility index (Phi) is 2.68. The predicted octanol–water partition coefficient (Wildman–Crippen LogP) is 2.20. The molecule has 0 aromatic heterocycles. The van der Waals surface area contributed by atoms with Crippen LogP contribution >= 0.6 is 0 Å². The zero-order chi connectivity index (χ0) is 13.3. The first-order valence-electron chi connectivity index (χ1n) is 7.80. The smallest absolute Gasteiger partial charge is 0.0941 e. The van der Waals surface area contributed by atoms with E-state index in [4.69, 9.17) is 0 Å². The van der Waals surface area contributed by atoms with Gasteiger partial charge in [0.25, 0.3) is 0 Å². The minimum absolute atomic E-state index is 0.950. The van der Waals surface area contributed by atoms with Gasteiger partial charge in [-0.25, -0.2) is 0 Å². The summed E-state index contributed by atoms with van der Waals surface area (Å²) >= 11 is 0. The van der Waals surface area contributed by atoms with Crippen LogP contribution in [0.5, 0.6) is 0 Å². The van der Waals surface area contributed by atoms with Crippen molar-refractivity contribution >= 4 is 0 Å². The van der Waals surface area contributed by atoms with E-state index in [0.717, 1.165) is 35.8 Å². The molecular weight excluding hydrogens is 220 g/mol. The number of quaternary nitrogens is 2. The van der Waals surface area contributed by atoms with Crippen LogP contribution in [0.4, 0.5) is 0 Å². The number of hydrogen-bond acceptors (Lipinski definition) is 0. The minimum Gasteiger partial charge on any atom is -0.328 e. The Labute approximate surface area is 113 Å². The molecule has 104 valence electrons. The van der Waals surface area contributed by atoms with Crippen molar-refractivity contribution in [2.75, 3.05) is 42.3 Å². The molecule has 0 aliphatic heterocycles. The third kappa shape index (κ3) is 1.84. The van der Waals surface area contributed by atoms with Crippen molar-refractivity contribution in [2.24, 2.45) is 23.7 Å². The highest BCUT2D eigenvalue weighted by atomic mass is 15.3. The van der Waals surface area contributed by atoms with Crippen LogP contribution in [0.15, 0.2) is 0 Å². The van der Waals surface area contributed by atoms with Crippen LogP contribution < -0.4 is 0 Å². The monoisotopic (exact) mass is 252 g/mol. The highest BCUT2D eigenvalue weighted by Gasteiger charge is 2.60. The van der Waals surface area contributed by atoms with Gasteiger partial charge in [-0.05, 0) is 25.7 Å². The van der Waals surface area contributed by atoms with Crippen molar-refractivity contribution < 1.29 is 8.97 Å². The van der Waals surface area contributed by atoms with Gasteiger partial charge in [0.05, 0.1) is 54.4 Å². The molecule has 0 aromatic carbocycles. The molecule has 4 rings (SSSR count). The maximum atomic E-state index is 2.42. The van der Waals surface area contributed by atoms with Crippen LogP contribution in [-0.4, -0.2) is 63.3 Å². The topological polar surface area (TPSA) is 0 Å². The Balaban J connectivity index is 1.85. The van der Waals surface area contributed by atoms with Gasteiger partial charge in [-0.3, -0.25) is 0 Å². The standard InChI is InChI=1S/C16H32N2/c1-17(2,3)15-11-7-13-9-12(15)10-14(8-11)16(13)18(4,5)6/h11-16H,7-10H2,1-6H3/q+2. The Morgan fingerprint density at radius 1 is 0.500 bits per heavy atom. The third-order valence-electron chi connectivity index (χ3n) is 6.14. The molecule has 4 fully saturated rings. The van der Waals surface area contributed by atoms with Crippen molar-refractivity contribution in [3.05, 3.63) is 0 Å². The molecule has 0 spiro atoms. The number of rotatable bonds is 2. The van der Waals surface area contributed by atoms with Gasteiger partial charge in [0.15, 0.2) is 0 Å². The summed E-state index contributed by atoms with van der Waals surface area (Å²) in [6, 6.07) is 1.90. The molecule has 2 heteroatoms. The molecule has 4 aliphatic rings. The maximum absolute atomic E-state index is 2.42. The lowest BCUT2D eigenvalue weighted by Crippen LogP contribution is -2.68. The Morgan fingerprint density at radius 2 is 0.722 bits per heavy atom. The van der Waals surface area contributed by atoms with Crippen LogP contribution in [0.2, 0.25) is 0 Å². The second kappa shape index (κ2) is 3.73. The van der Waals surface area contributed by atoms with Crippen LogP contribution in [0.3, 0.4) is 0 Å². The molecule has 2 nitrogen and oxygen atoms in total. The number of nitrogens with zero attached hydrogens (tertiary/aromatic N) is 2. The molecule has 0 aromatic rings. The molecule has 0 N–H and O–H groups in total. The molecule has 0 saturated heterocycles. The fourth-order valence-electron chi connectivity index (χ4n) is 6.36. The third-order valence-corrected chi connectivity index (χ3v) is 6.14. The molecule has 4 saturated carbocycles. The molecule has 0 unspecified atom stereocenters. The van der Waals surface area contributed by atoms with E-state index in [1.165, 1.54) is 34.6 Å². The van der Waals surface area contributed by atoms with Crippen molar-refractivity contribution in [2.45, 2.75) is 37.8 Å². The average molecular weight is 252 g/mol. The van der Waals surface area contributed by atoms with Crippen LogP contribution in [0.25, 0.3) is 0 Å².